The number of amides is 2. The molecule has 2 amide bonds. The molecule has 40 heavy (non-hydrogen) atoms. The number of hydrogen-bond donors (Lipinski definition) is 2. The van der Waals surface area contributed by atoms with Crippen LogP contribution in [0.2, 0.25) is 0 Å². The SMILES string of the molecule is CC(=O)c1cn(CC(=O)N2C[C@H](F)C[C@H]2C(=O)Nc2ccc3ncsc3c2)c2ccc(Nc3cncnc3)cc12. The number of alkyl halides is 1. The first-order valence-electron chi connectivity index (χ1n) is 12.6. The molecule has 0 bridgehead atoms. The van der Waals surface area contributed by atoms with Crippen molar-refractivity contribution >= 4 is 67.1 Å². The quantitative estimate of drug-likeness (QED) is 0.281. The minimum absolute atomic E-state index is 0.0796. The highest BCUT2D eigenvalue weighted by atomic mass is 32.1. The number of nitrogens with zero attached hydrogens (tertiary/aromatic N) is 5. The normalized spacial score (nSPS) is 16.9. The van der Waals surface area contributed by atoms with Gasteiger partial charge in [-0.2, -0.15) is 0 Å². The van der Waals surface area contributed by atoms with E-state index in [9.17, 15) is 18.8 Å². The van der Waals surface area contributed by atoms with Crippen LogP contribution in [-0.4, -0.2) is 60.8 Å². The Balaban J connectivity index is 1.22. The summed E-state index contributed by atoms with van der Waals surface area (Å²) in [4.78, 5) is 52.5. The highest BCUT2D eigenvalue weighted by Gasteiger charge is 2.40. The molecule has 1 aliphatic rings. The number of ketones is 1. The van der Waals surface area contributed by atoms with E-state index < -0.39 is 24.0 Å². The smallest absolute Gasteiger partial charge is 0.247 e. The van der Waals surface area contributed by atoms with Gasteiger partial charge in [-0.1, -0.05) is 0 Å². The summed E-state index contributed by atoms with van der Waals surface area (Å²) in [5, 5.41) is 6.69. The molecule has 3 aromatic heterocycles. The van der Waals surface area contributed by atoms with Crippen LogP contribution in [0.5, 0.6) is 0 Å². The van der Waals surface area contributed by atoms with E-state index in [1.54, 1.807) is 40.8 Å². The molecule has 0 unspecified atom stereocenters. The number of carbonyl (C=O) groups excluding carboxylic acids is 3. The van der Waals surface area contributed by atoms with Gasteiger partial charge in [0.25, 0.3) is 0 Å². The second-order valence-corrected chi connectivity index (χ2v) is 10.5. The van der Waals surface area contributed by atoms with Crippen molar-refractivity contribution in [3.63, 3.8) is 0 Å². The van der Waals surface area contributed by atoms with Crippen LogP contribution in [0.15, 0.2) is 66.8 Å². The van der Waals surface area contributed by atoms with E-state index in [2.05, 4.69) is 25.6 Å². The van der Waals surface area contributed by atoms with Crippen molar-refractivity contribution in [2.45, 2.75) is 32.1 Å². The number of likely N-dealkylation sites (tertiary alicyclic amines) is 1. The number of anilines is 3. The highest BCUT2D eigenvalue weighted by molar-refractivity contribution is 7.16. The Labute approximate surface area is 231 Å². The third kappa shape index (κ3) is 5.00. The zero-order valence-corrected chi connectivity index (χ0v) is 22.2. The number of Topliss-reactive ketones (excluding diaryl/α,β-unsaturated/α-hetero) is 1. The van der Waals surface area contributed by atoms with Gasteiger partial charge in [-0.25, -0.2) is 19.3 Å². The van der Waals surface area contributed by atoms with Crippen LogP contribution in [0.3, 0.4) is 0 Å². The second-order valence-electron chi connectivity index (χ2n) is 9.63. The lowest BCUT2D eigenvalue weighted by Crippen LogP contribution is -2.44. The number of rotatable bonds is 7. The predicted octanol–water partition coefficient (Wildman–Crippen LogP) is 4.56. The number of hydrogen-bond acceptors (Lipinski definition) is 8. The monoisotopic (exact) mass is 557 g/mol. The Morgan fingerprint density at radius 2 is 1.88 bits per heavy atom. The fourth-order valence-corrected chi connectivity index (χ4v) is 5.74. The average Bonchev–Trinajstić information content (AvgIpc) is 3.66. The first-order chi connectivity index (χ1) is 19.4. The van der Waals surface area contributed by atoms with Crippen LogP contribution in [-0.2, 0) is 16.1 Å². The Bertz CT molecular complexity index is 1750. The van der Waals surface area contributed by atoms with E-state index in [-0.39, 0.29) is 25.3 Å². The molecule has 2 N–H and O–H groups in total. The van der Waals surface area contributed by atoms with Crippen molar-refractivity contribution in [3.8, 4) is 0 Å². The molecule has 1 saturated heterocycles. The van der Waals surface area contributed by atoms with Gasteiger partial charge in [0, 0.05) is 40.5 Å². The third-order valence-corrected chi connectivity index (χ3v) is 7.68. The molecule has 4 heterocycles. The lowest BCUT2D eigenvalue weighted by Gasteiger charge is -2.24. The maximum atomic E-state index is 14.5. The number of halogens is 1. The minimum atomic E-state index is -1.31. The van der Waals surface area contributed by atoms with Crippen LogP contribution in [0.4, 0.5) is 21.5 Å². The molecule has 10 nitrogen and oxygen atoms in total. The number of fused-ring (bicyclic) bond motifs is 2. The largest absolute Gasteiger partial charge is 0.353 e. The van der Waals surface area contributed by atoms with E-state index in [0.717, 1.165) is 15.9 Å². The van der Waals surface area contributed by atoms with Gasteiger partial charge in [0.05, 0.1) is 40.4 Å². The van der Waals surface area contributed by atoms with Gasteiger partial charge in [-0.15, -0.1) is 11.3 Å². The average molecular weight is 558 g/mol. The maximum absolute atomic E-state index is 14.5. The molecule has 12 heteroatoms. The Hall–Kier alpha value is -4.71. The van der Waals surface area contributed by atoms with Crippen LogP contribution in [0, 0.1) is 0 Å². The Morgan fingerprint density at radius 1 is 1.07 bits per heavy atom. The molecular weight excluding hydrogens is 533 g/mol. The first-order valence-corrected chi connectivity index (χ1v) is 13.5. The molecule has 1 aliphatic heterocycles. The third-order valence-electron chi connectivity index (χ3n) is 6.89. The fourth-order valence-electron chi connectivity index (χ4n) is 5.02. The van der Waals surface area contributed by atoms with Crippen molar-refractivity contribution in [2.24, 2.45) is 0 Å². The molecule has 1 fully saturated rings. The topological polar surface area (TPSA) is 122 Å². The highest BCUT2D eigenvalue weighted by Crippen LogP contribution is 2.29. The summed E-state index contributed by atoms with van der Waals surface area (Å²) in [5.74, 6) is -1.01. The van der Waals surface area contributed by atoms with Crippen molar-refractivity contribution in [1.82, 2.24) is 24.4 Å². The zero-order valence-electron chi connectivity index (χ0n) is 21.4. The summed E-state index contributed by atoms with van der Waals surface area (Å²) in [5.41, 5.74) is 5.64. The van der Waals surface area contributed by atoms with E-state index in [0.29, 0.717) is 27.8 Å². The summed E-state index contributed by atoms with van der Waals surface area (Å²) in [6, 6.07) is 9.85. The number of aromatic nitrogens is 4. The van der Waals surface area contributed by atoms with Gasteiger partial charge >= 0.3 is 0 Å². The number of carbonyl (C=O) groups is 3. The standard InChI is InChI=1S/C28H24FN7O3S/c1-16(37)22-12-35(24-5-3-18(7-21(22)24)33-20-9-30-14-31-10-20)13-27(38)36-11-17(29)6-25(36)28(39)34-19-2-4-23-26(8-19)40-15-32-23/h2-5,7-10,12,14-15,17,25,33H,6,11,13H2,1H3,(H,34,39)/t17-,25+/m1/s1. The summed E-state index contributed by atoms with van der Waals surface area (Å²) < 4.78 is 17.1. The molecule has 0 saturated carbocycles. The first kappa shape index (κ1) is 25.6. The second kappa shape index (κ2) is 10.5. The summed E-state index contributed by atoms with van der Waals surface area (Å²) in [7, 11) is 0. The number of benzene rings is 2. The lowest BCUT2D eigenvalue weighted by atomic mass is 10.1. The predicted molar refractivity (Wildman–Crippen MR) is 151 cm³/mol. The number of nitrogens with one attached hydrogen (secondary N) is 2. The van der Waals surface area contributed by atoms with Gasteiger partial charge in [0.2, 0.25) is 11.8 Å². The van der Waals surface area contributed by atoms with Gasteiger partial charge in [-0.05, 0) is 43.3 Å². The van der Waals surface area contributed by atoms with Gasteiger partial charge in [-0.3, -0.25) is 14.4 Å². The molecule has 2 atom stereocenters. The van der Waals surface area contributed by atoms with Crippen LogP contribution < -0.4 is 10.6 Å². The van der Waals surface area contributed by atoms with E-state index >= 15 is 0 Å². The van der Waals surface area contributed by atoms with Gasteiger partial charge in [0.1, 0.15) is 25.1 Å². The van der Waals surface area contributed by atoms with Crippen LogP contribution in [0.25, 0.3) is 21.1 Å². The summed E-state index contributed by atoms with van der Waals surface area (Å²) in [6.07, 6.45) is 4.93. The van der Waals surface area contributed by atoms with Crippen molar-refractivity contribution in [3.05, 3.63) is 72.4 Å². The zero-order chi connectivity index (χ0) is 27.8. The molecule has 6 rings (SSSR count). The molecule has 0 radical (unpaired) electrons. The fraction of sp³-hybridized carbons (Fsp3) is 0.214. The summed E-state index contributed by atoms with van der Waals surface area (Å²) in [6.45, 7) is 1.15. The Kier molecular flexibility index (Phi) is 6.68. The van der Waals surface area contributed by atoms with E-state index in [4.69, 9.17) is 0 Å². The van der Waals surface area contributed by atoms with E-state index in [1.165, 1.54) is 29.5 Å². The molecule has 202 valence electrons. The van der Waals surface area contributed by atoms with Gasteiger partial charge < -0.3 is 20.1 Å². The maximum Gasteiger partial charge on any atom is 0.247 e. The molecule has 0 aliphatic carbocycles. The van der Waals surface area contributed by atoms with Crippen molar-refractivity contribution < 1.29 is 18.8 Å². The lowest BCUT2D eigenvalue weighted by molar-refractivity contribution is -0.137. The summed E-state index contributed by atoms with van der Waals surface area (Å²) >= 11 is 1.45. The van der Waals surface area contributed by atoms with Crippen molar-refractivity contribution in [2.75, 3.05) is 17.2 Å². The van der Waals surface area contributed by atoms with E-state index in [1.807, 2.05) is 24.3 Å². The minimum Gasteiger partial charge on any atom is -0.353 e. The molecular formula is C28H24FN7O3S. The molecule has 5 aromatic rings. The van der Waals surface area contributed by atoms with Crippen LogP contribution >= 0.6 is 11.3 Å². The van der Waals surface area contributed by atoms with Gasteiger partial charge in [0.15, 0.2) is 5.78 Å². The number of thiazole rings is 1. The van der Waals surface area contributed by atoms with Crippen molar-refractivity contribution in [1.29, 1.82) is 0 Å². The molecule has 2 aromatic carbocycles. The van der Waals surface area contributed by atoms with Crippen LogP contribution in [0.1, 0.15) is 23.7 Å². The molecule has 0 spiro atoms. The Morgan fingerprint density at radius 3 is 2.67 bits per heavy atom.